The summed E-state index contributed by atoms with van der Waals surface area (Å²) < 4.78 is 16.3. The van der Waals surface area contributed by atoms with Gasteiger partial charge in [0.2, 0.25) is 0 Å². The summed E-state index contributed by atoms with van der Waals surface area (Å²) in [7, 11) is 1.58. The minimum atomic E-state index is -0.545. The number of methoxy groups -OCH3 is 1. The molecule has 0 unspecified atom stereocenters. The Kier molecular flexibility index (Phi) is 7.08. The van der Waals surface area contributed by atoms with Crippen LogP contribution in [0.15, 0.2) is 6.07 Å². The molecule has 0 spiro atoms. The van der Waals surface area contributed by atoms with E-state index in [0.717, 1.165) is 18.5 Å². The van der Waals surface area contributed by atoms with Crippen LogP contribution in [0.25, 0.3) is 0 Å². The lowest BCUT2D eigenvalue weighted by Crippen LogP contribution is -2.41. The summed E-state index contributed by atoms with van der Waals surface area (Å²) in [4.78, 5) is 26.0. The van der Waals surface area contributed by atoms with Gasteiger partial charge in [-0.15, -0.1) is 0 Å². The van der Waals surface area contributed by atoms with Gasteiger partial charge in [0.05, 0.1) is 19.2 Å². The van der Waals surface area contributed by atoms with Gasteiger partial charge in [0.15, 0.2) is 0 Å². The third-order valence-corrected chi connectivity index (χ3v) is 4.34. The predicted molar refractivity (Wildman–Crippen MR) is 108 cm³/mol. The largest absolute Gasteiger partial charge is 0.495 e. The molecule has 0 bridgehead atoms. The van der Waals surface area contributed by atoms with Gasteiger partial charge >= 0.3 is 12.1 Å². The monoisotopic (exact) mass is 407 g/mol. The summed E-state index contributed by atoms with van der Waals surface area (Å²) in [6.45, 7) is 12.2. The number of carbonyl (C=O) groups excluding carboxylic acids is 2. The number of aromatic nitrogens is 2. The lowest BCUT2D eigenvalue weighted by molar-refractivity contribution is -0.154. The fourth-order valence-corrected chi connectivity index (χ4v) is 3.14. The molecule has 0 N–H and O–H groups in total. The number of carbonyl (C=O) groups is 2. The van der Waals surface area contributed by atoms with E-state index >= 15 is 0 Å². The minimum Gasteiger partial charge on any atom is -0.495 e. The zero-order valence-corrected chi connectivity index (χ0v) is 18.6. The van der Waals surface area contributed by atoms with Crippen LogP contribution in [-0.4, -0.2) is 58.6 Å². The maximum atomic E-state index is 12.2. The molecule has 2 rings (SSSR count). The molecule has 1 aliphatic rings. The van der Waals surface area contributed by atoms with Crippen molar-refractivity contribution < 1.29 is 23.8 Å². The van der Waals surface area contributed by atoms with Crippen LogP contribution in [0, 0.1) is 0 Å². The lowest BCUT2D eigenvalue weighted by atomic mass is 9.92. The summed E-state index contributed by atoms with van der Waals surface area (Å²) in [6.07, 6.45) is 1.24. The Balaban J connectivity index is 2.01. The molecule has 1 fully saturated rings. The SMILES string of the molecule is COc1cc(CC(=O)OC(C)(C)C)nnc1C1CCN(C(=O)OC(C)(C)C)CC1. The number of likely N-dealkylation sites (tertiary alicyclic amines) is 1. The fourth-order valence-electron chi connectivity index (χ4n) is 3.14. The molecule has 1 saturated heterocycles. The van der Waals surface area contributed by atoms with Crippen LogP contribution in [0.2, 0.25) is 0 Å². The number of hydrogen-bond donors (Lipinski definition) is 0. The molecular formula is C21H33N3O5. The van der Waals surface area contributed by atoms with Crippen molar-refractivity contribution in [2.45, 2.75) is 77.9 Å². The summed E-state index contributed by atoms with van der Waals surface area (Å²) in [5.74, 6) is 0.383. The quantitative estimate of drug-likeness (QED) is 0.706. The summed E-state index contributed by atoms with van der Waals surface area (Å²) in [6, 6.07) is 1.74. The van der Waals surface area contributed by atoms with Crippen molar-refractivity contribution in [3.63, 3.8) is 0 Å². The Morgan fingerprint density at radius 2 is 1.62 bits per heavy atom. The Labute approximate surface area is 172 Å². The minimum absolute atomic E-state index is 0.0397. The Morgan fingerprint density at radius 3 is 2.14 bits per heavy atom. The van der Waals surface area contributed by atoms with E-state index in [4.69, 9.17) is 14.2 Å². The molecule has 1 aromatic heterocycles. The molecule has 29 heavy (non-hydrogen) atoms. The first-order valence-corrected chi connectivity index (χ1v) is 9.98. The molecule has 1 amide bonds. The second-order valence-electron chi connectivity index (χ2n) is 9.29. The van der Waals surface area contributed by atoms with Crippen LogP contribution < -0.4 is 4.74 Å². The Morgan fingerprint density at radius 1 is 1.03 bits per heavy atom. The first-order chi connectivity index (χ1) is 13.4. The highest BCUT2D eigenvalue weighted by Crippen LogP contribution is 2.33. The predicted octanol–water partition coefficient (Wildman–Crippen LogP) is 3.48. The van der Waals surface area contributed by atoms with E-state index in [1.807, 2.05) is 41.5 Å². The second-order valence-corrected chi connectivity index (χ2v) is 9.29. The molecule has 1 aromatic rings. The van der Waals surface area contributed by atoms with Gasteiger partial charge in [0.1, 0.15) is 22.6 Å². The van der Waals surface area contributed by atoms with Crippen molar-refractivity contribution in [2.75, 3.05) is 20.2 Å². The van der Waals surface area contributed by atoms with Crippen molar-refractivity contribution in [1.29, 1.82) is 0 Å². The standard InChI is InChI=1S/C21H33N3O5/c1-20(2,3)28-17(25)13-15-12-16(27-7)18(23-22-15)14-8-10-24(11-9-14)19(26)29-21(4,5)6/h12,14H,8-11,13H2,1-7H3. The maximum absolute atomic E-state index is 12.2. The van der Waals surface area contributed by atoms with Gasteiger partial charge in [-0.05, 0) is 54.4 Å². The molecule has 1 aliphatic heterocycles. The first-order valence-electron chi connectivity index (χ1n) is 9.98. The van der Waals surface area contributed by atoms with Crippen LogP contribution in [-0.2, 0) is 20.7 Å². The topological polar surface area (TPSA) is 90.9 Å². The third kappa shape index (κ3) is 7.18. The van der Waals surface area contributed by atoms with Crippen LogP contribution in [0.5, 0.6) is 5.75 Å². The number of piperidine rings is 1. The van der Waals surface area contributed by atoms with Crippen molar-refractivity contribution >= 4 is 12.1 Å². The van der Waals surface area contributed by atoms with Crippen LogP contribution in [0.4, 0.5) is 4.79 Å². The van der Waals surface area contributed by atoms with Gasteiger partial charge in [0.25, 0.3) is 0 Å². The van der Waals surface area contributed by atoms with Gasteiger partial charge in [-0.3, -0.25) is 4.79 Å². The van der Waals surface area contributed by atoms with Crippen molar-refractivity contribution in [2.24, 2.45) is 0 Å². The van der Waals surface area contributed by atoms with E-state index in [-0.39, 0.29) is 24.4 Å². The molecule has 8 heteroatoms. The van der Waals surface area contributed by atoms with E-state index in [9.17, 15) is 9.59 Å². The van der Waals surface area contributed by atoms with Crippen molar-refractivity contribution in [3.8, 4) is 5.75 Å². The molecule has 8 nitrogen and oxygen atoms in total. The van der Waals surface area contributed by atoms with Crippen LogP contribution >= 0.6 is 0 Å². The first kappa shape index (κ1) is 22.9. The lowest BCUT2D eigenvalue weighted by Gasteiger charge is -2.33. The van der Waals surface area contributed by atoms with Crippen LogP contribution in [0.1, 0.15) is 71.7 Å². The van der Waals surface area contributed by atoms with E-state index in [1.165, 1.54) is 0 Å². The summed E-state index contributed by atoms with van der Waals surface area (Å²) in [5, 5.41) is 8.53. The maximum Gasteiger partial charge on any atom is 0.410 e. The van der Waals surface area contributed by atoms with Crippen molar-refractivity contribution in [3.05, 3.63) is 17.5 Å². The third-order valence-electron chi connectivity index (χ3n) is 4.34. The highest BCUT2D eigenvalue weighted by molar-refractivity contribution is 5.72. The van der Waals surface area contributed by atoms with Gasteiger partial charge in [-0.2, -0.15) is 10.2 Å². The highest BCUT2D eigenvalue weighted by atomic mass is 16.6. The molecule has 0 aromatic carbocycles. The summed E-state index contributed by atoms with van der Waals surface area (Å²) in [5.41, 5.74) is 0.207. The molecule has 162 valence electrons. The number of ether oxygens (including phenoxy) is 3. The Hall–Kier alpha value is -2.38. The smallest absolute Gasteiger partial charge is 0.410 e. The van der Waals surface area contributed by atoms with Gasteiger partial charge in [0, 0.05) is 25.1 Å². The van der Waals surface area contributed by atoms with E-state index in [1.54, 1.807) is 18.1 Å². The molecule has 0 radical (unpaired) electrons. The average Bonchev–Trinajstić information content (AvgIpc) is 2.58. The average molecular weight is 408 g/mol. The van der Waals surface area contributed by atoms with E-state index in [0.29, 0.717) is 24.5 Å². The molecule has 0 saturated carbocycles. The van der Waals surface area contributed by atoms with Crippen LogP contribution in [0.3, 0.4) is 0 Å². The molecule has 2 heterocycles. The Bertz CT molecular complexity index is 729. The number of hydrogen-bond acceptors (Lipinski definition) is 7. The summed E-state index contributed by atoms with van der Waals surface area (Å²) >= 11 is 0. The molecule has 0 atom stereocenters. The zero-order valence-electron chi connectivity index (χ0n) is 18.6. The van der Waals surface area contributed by atoms with E-state index < -0.39 is 11.2 Å². The zero-order chi connectivity index (χ0) is 21.8. The molecular weight excluding hydrogens is 374 g/mol. The van der Waals surface area contributed by atoms with Gasteiger partial charge in [-0.25, -0.2) is 4.79 Å². The number of rotatable bonds is 4. The normalized spacial score (nSPS) is 15.8. The number of amides is 1. The number of esters is 1. The molecule has 0 aliphatic carbocycles. The fraction of sp³-hybridized carbons (Fsp3) is 0.714. The van der Waals surface area contributed by atoms with Gasteiger partial charge < -0.3 is 19.1 Å². The highest BCUT2D eigenvalue weighted by Gasteiger charge is 2.30. The number of nitrogens with zero attached hydrogens (tertiary/aromatic N) is 3. The van der Waals surface area contributed by atoms with Crippen molar-refractivity contribution in [1.82, 2.24) is 15.1 Å². The van der Waals surface area contributed by atoms with E-state index in [2.05, 4.69) is 10.2 Å². The van der Waals surface area contributed by atoms with Gasteiger partial charge in [-0.1, -0.05) is 0 Å². The second kappa shape index (κ2) is 8.97.